The van der Waals surface area contributed by atoms with Gasteiger partial charge in [-0.25, -0.2) is 4.79 Å². The van der Waals surface area contributed by atoms with Gasteiger partial charge in [-0.05, 0) is 42.3 Å². The second-order valence-corrected chi connectivity index (χ2v) is 6.57. The van der Waals surface area contributed by atoms with Crippen molar-refractivity contribution in [3.05, 3.63) is 63.1 Å². The van der Waals surface area contributed by atoms with Crippen LogP contribution in [0.2, 0.25) is 10.0 Å². The van der Waals surface area contributed by atoms with E-state index in [-0.39, 0.29) is 12.5 Å². The normalized spacial score (nSPS) is 10.3. The molecule has 7 heteroatoms. The zero-order valence-corrected chi connectivity index (χ0v) is 16.2. The molecule has 0 saturated carbocycles. The first kappa shape index (κ1) is 20.1. The van der Waals surface area contributed by atoms with E-state index in [2.05, 4.69) is 0 Å². The molecule has 0 saturated heterocycles. The molecule has 0 bridgehead atoms. The molecule has 0 unspecified atom stereocenters. The van der Waals surface area contributed by atoms with Crippen molar-refractivity contribution in [3.63, 3.8) is 0 Å². The molecule has 2 rings (SSSR count). The molecule has 0 aromatic heterocycles. The summed E-state index contributed by atoms with van der Waals surface area (Å²) in [5.41, 5.74) is 2.05. The van der Waals surface area contributed by atoms with Crippen molar-refractivity contribution in [1.82, 2.24) is 4.90 Å². The van der Waals surface area contributed by atoms with Gasteiger partial charge < -0.3 is 14.4 Å². The van der Waals surface area contributed by atoms with E-state index >= 15 is 0 Å². The molecule has 0 aliphatic heterocycles. The average Bonchev–Trinajstić information content (AvgIpc) is 2.62. The van der Waals surface area contributed by atoms with Gasteiger partial charge >= 0.3 is 5.97 Å². The maximum atomic E-state index is 12.2. The van der Waals surface area contributed by atoms with Crippen LogP contribution in [0.15, 0.2) is 36.4 Å². The fourth-order valence-electron chi connectivity index (χ4n) is 2.27. The average molecular weight is 396 g/mol. The first-order chi connectivity index (χ1) is 12.3. The number of ether oxygens (including phenoxy) is 2. The molecule has 0 spiro atoms. The Kier molecular flexibility index (Phi) is 6.89. The molecular weight excluding hydrogens is 377 g/mol. The lowest BCUT2D eigenvalue weighted by atomic mass is 10.1. The predicted molar refractivity (Wildman–Crippen MR) is 101 cm³/mol. The smallest absolute Gasteiger partial charge is 0.338 e. The number of benzene rings is 2. The van der Waals surface area contributed by atoms with Gasteiger partial charge in [0.1, 0.15) is 5.75 Å². The van der Waals surface area contributed by atoms with Crippen molar-refractivity contribution < 1.29 is 19.1 Å². The third-order valence-electron chi connectivity index (χ3n) is 3.80. The number of nitrogens with zero attached hydrogens (tertiary/aromatic N) is 1. The lowest BCUT2D eigenvalue weighted by molar-refractivity contribution is -0.133. The molecule has 0 fully saturated rings. The summed E-state index contributed by atoms with van der Waals surface area (Å²) in [6, 6.07) is 10.1. The zero-order valence-electron chi connectivity index (χ0n) is 14.7. The van der Waals surface area contributed by atoms with Crippen molar-refractivity contribution >= 4 is 35.1 Å². The van der Waals surface area contributed by atoms with E-state index in [0.29, 0.717) is 27.9 Å². The minimum Gasteiger partial charge on any atom is -0.496 e. The zero-order chi connectivity index (χ0) is 19.3. The summed E-state index contributed by atoms with van der Waals surface area (Å²) in [5.74, 6) is -0.328. The van der Waals surface area contributed by atoms with Gasteiger partial charge in [0.15, 0.2) is 6.61 Å². The molecule has 0 aliphatic rings. The number of rotatable bonds is 6. The minimum absolute atomic E-state index is 0.325. The number of amides is 1. The summed E-state index contributed by atoms with van der Waals surface area (Å²) < 4.78 is 10.3. The Bertz CT molecular complexity index is 823. The van der Waals surface area contributed by atoms with E-state index in [1.807, 2.05) is 6.92 Å². The van der Waals surface area contributed by atoms with E-state index in [4.69, 9.17) is 32.7 Å². The van der Waals surface area contributed by atoms with Crippen molar-refractivity contribution in [3.8, 4) is 5.75 Å². The lowest BCUT2D eigenvalue weighted by Gasteiger charge is -2.17. The number of esters is 1. The van der Waals surface area contributed by atoms with Crippen molar-refractivity contribution in [1.29, 1.82) is 0 Å². The maximum Gasteiger partial charge on any atom is 0.338 e. The number of hydrogen-bond donors (Lipinski definition) is 0. The van der Waals surface area contributed by atoms with Gasteiger partial charge in [-0.2, -0.15) is 0 Å². The Labute approximate surface area is 162 Å². The fourth-order valence-corrected chi connectivity index (χ4v) is 2.59. The number of aryl methyl sites for hydroxylation is 1. The highest BCUT2D eigenvalue weighted by molar-refractivity contribution is 6.42. The predicted octanol–water partition coefficient (Wildman–Crippen LogP) is 4.13. The monoisotopic (exact) mass is 395 g/mol. The number of halogens is 2. The van der Waals surface area contributed by atoms with Gasteiger partial charge in [-0.3, -0.25) is 4.79 Å². The minimum atomic E-state index is -0.584. The second-order valence-electron chi connectivity index (χ2n) is 5.76. The fraction of sp³-hybridized carbons (Fsp3) is 0.263. The Morgan fingerprint density at radius 1 is 1.08 bits per heavy atom. The van der Waals surface area contributed by atoms with Crippen LogP contribution in [0.4, 0.5) is 0 Å². The SMILES string of the molecule is COc1cc(C(=O)OCC(=O)N(C)Cc2ccc(Cl)c(Cl)c2)ccc1C. The highest BCUT2D eigenvalue weighted by Crippen LogP contribution is 2.23. The van der Waals surface area contributed by atoms with E-state index in [9.17, 15) is 9.59 Å². The molecular formula is C19H19Cl2NO4. The maximum absolute atomic E-state index is 12.2. The first-order valence-electron chi connectivity index (χ1n) is 7.81. The van der Waals surface area contributed by atoms with Crippen LogP contribution in [0.25, 0.3) is 0 Å². The van der Waals surface area contributed by atoms with Gasteiger partial charge in [0.05, 0.1) is 22.7 Å². The molecule has 2 aromatic rings. The van der Waals surface area contributed by atoms with Crippen LogP contribution in [-0.2, 0) is 16.1 Å². The molecule has 26 heavy (non-hydrogen) atoms. The van der Waals surface area contributed by atoms with Crippen LogP contribution in [-0.4, -0.2) is 37.5 Å². The highest BCUT2D eigenvalue weighted by atomic mass is 35.5. The lowest BCUT2D eigenvalue weighted by Crippen LogP contribution is -2.30. The quantitative estimate of drug-likeness (QED) is 0.690. The Balaban J connectivity index is 1.92. The van der Waals surface area contributed by atoms with E-state index in [0.717, 1.165) is 11.1 Å². The number of likely N-dealkylation sites (N-methyl/N-ethyl adjacent to an activating group) is 1. The topological polar surface area (TPSA) is 55.8 Å². The third-order valence-corrected chi connectivity index (χ3v) is 4.54. The summed E-state index contributed by atoms with van der Waals surface area (Å²) in [4.78, 5) is 25.7. The highest BCUT2D eigenvalue weighted by Gasteiger charge is 2.15. The Hall–Kier alpha value is -2.24. The summed E-state index contributed by atoms with van der Waals surface area (Å²) in [5, 5.41) is 0.872. The van der Waals surface area contributed by atoms with E-state index in [1.165, 1.54) is 12.0 Å². The van der Waals surface area contributed by atoms with Crippen molar-refractivity contribution in [2.75, 3.05) is 20.8 Å². The Morgan fingerprint density at radius 2 is 1.81 bits per heavy atom. The first-order valence-corrected chi connectivity index (χ1v) is 8.57. The van der Waals surface area contributed by atoms with Crippen LogP contribution in [0, 0.1) is 6.92 Å². The summed E-state index contributed by atoms with van der Waals surface area (Å²) >= 11 is 11.8. The molecule has 0 N–H and O–H groups in total. The largest absolute Gasteiger partial charge is 0.496 e. The summed E-state index contributed by atoms with van der Waals surface area (Å²) in [6.07, 6.45) is 0. The van der Waals surface area contributed by atoms with Crippen LogP contribution in [0.5, 0.6) is 5.75 Å². The number of hydrogen-bond acceptors (Lipinski definition) is 4. The van der Waals surface area contributed by atoms with Crippen molar-refractivity contribution in [2.45, 2.75) is 13.5 Å². The van der Waals surface area contributed by atoms with Gasteiger partial charge in [-0.1, -0.05) is 35.3 Å². The van der Waals surface area contributed by atoms with Crippen molar-refractivity contribution in [2.24, 2.45) is 0 Å². The standard InChI is InChI=1S/C19H19Cl2NO4/c1-12-4-6-14(9-17(12)25-3)19(24)26-11-18(23)22(2)10-13-5-7-15(20)16(21)8-13/h4-9H,10-11H2,1-3H3. The molecule has 138 valence electrons. The van der Waals surface area contributed by atoms with Gasteiger partial charge in [0.2, 0.25) is 0 Å². The van der Waals surface area contributed by atoms with Crippen LogP contribution >= 0.6 is 23.2 Å². The molecule has 2 aromatic carbocycles. The van der Waals surface area contributed by atoms with E-state index in [1.54, 1.807) is 43.4 Å². The molecule has 0 radical (unpaired) electrons. The summed E-state index contributed by atoms with van der Waals surface area (Å²) in [7, 11) is 3.15. The number of carbonyl (C=O) groups excluding carboxylic acids is 2. The van der Waals surface area contributed by atoms with Gasteiger partial charge in [0, 0.05) is 13.6 Å². The van der Waals surface area contributed by atoms with Crippen LogP contribution in [0.1, 0.15) is 21.5 Å². The van der Waals surface area contributed by atoms with Crippen LogP contribution < -0.4 is 4.74 Å². The molecule has 0 aliphatic carbocycles. The molecule has 5 nitrogen and oxygen atoms in total. The molecule has 0 heterocycles. The van der Waals surface area contributed by atoms with Gasteiger partial charge in [-0.15, -0.1) is 0 Å². The van der Waals surface area contributed by atoms with E-state index < -0.39 is 5.97 Å². The Morgan fingerprint density at radius 3 is 2.46 bits per heavy atom. The van der Waals surface area contributed by atoms with Crippen LogP contribution in [0.3, 0.4) is 0 Å². The number of methoxy groups -OCH3 is 1. The van der Waals surface area contributed by atoms with Gasteiger partial charge in [0.25, 0.3) is 5.91 Å². The third kappa shape index (κ3) is 5.13. The summed E-state index contributed by atoms with van der Waals surface area (Å²) in [6.45, 7) is 1.84. The number of carbonyl (C=O) groups is 2. The second kappa shape index (κ2) is 8.92. The molecule has 0 atom stereocenters. The molecule has 1 amide bonds.